The number of ether oxygens (including phenoxy) is 1. The smallest absolute Gasteiger partial charge is 0.167 e. The number of hydrogen-bond acceptors (Lipinski definition) is 4. The summed E-state index contributed by atoms with van der Waals surface area (Å²) in [5.41, 5.74) is 8.24. The number of anilines is 2. The molecule has 1 aromatic carbocycles. The summed E-state index contributed by atoms with van der Waals surface area (Å²) >= 11 is 5.07. The molecule has 0 fully saturated rings. The van der Waals surface area contributed by atoms with Gasteiger partial charge in [-0.1, -0.05) is 0 Å². The van der Waals surface area contributed by atoms with Crippen molar-refractivity contribution in [2.75, 3.05) is 24.3 Å². The first-order valence-corrected chi connectivity index (χ1v) is 7.84. The highest BCUT2D eigenvalue weighted by atomic mass is 79.9. The summed E-state index contributed by atoms with van der Waals surface area (Å²) in [6.07, 6.45) is 0. The Labute approximate surface area is 130 Å². The lowest BCUT2D eigenvalue weighted by molar-refractivity contribution is 0.322. The zero-order valence-electron chi connectivity index (χ0n) is 11.3. The number of nitrogen functional groups attached to an aromatic ring is 1. The van der Waals surface area contributed by atoms with Gasteiger partial charge in [-0.05, 0) is 39.9 Å². The van der Waals surface area contributed by atoms with Gasteiger partial charge in [0.2, 0.25) is 0 Å². The molecule has 108 valence electrons. The summed E-state index contributed by atoms with van der Waals surface area (Å²) < 4.78 is 20.0. The maximum atomic E-state index is 13.7. The Kier molecular flexibility index (Phi) is 4.88. The summed E-state index contributed by atoms with van der Waals surface area (Å²) in [7, 11) is 1.92. The summed E-state index contributed by atoms with van der Waals surface area (Å²) in [6, 6.07) is 5.01. The molecule has 2 aromatic rings. The van der Waals surface area contributed by atoms with Crippen molar-refractivity contribution in [2.45, 2.75) is 13.5 Å². The highest BCUT2D eigenvalue weighted by molar-refractivity contribution is 9.11. The van der Waals surface area contributed by atoms with Crippen molar-refractivity contribution in [1.82, 2.24) is 0 Å². The van der Waals surface area contributed by atoms with Crippen molar-refractivity contribution >= 4 is 38.6 Å². The van der Waals surface area contributed by atoms with Crippen LogP contribution in [0.25, 0.3) is 0 Å². The first-order chi connectivity index (χ1) is 9.51. The predicted octanol–water partition coefficient (Wildman–Crippen LogP) is 4.27. The lowest BCUT2D eigenvalue weighted by Gasteiger charge is -2.21. The summed E-state index contributed by atoms with van der Waals surface area (Å²) in [4.78, 5) is 1.98. The third-order valence-corrected chi connectivity index (χ3v) is 4.39. The van der Waals surface area contributed by atoms with Crippen LogP contribution in [0, 0.1) is 5.82 Å². The molecule has 0 aliphatic carbocycles. The Bertz CT molecular complexity index is 603. The molecule has 1 heterocycles. The van der Waals surface area contributed by atoms with Crippen molar-refractivity contribution in [3.05, 3.63) is 38.7 Å². The molecule has 6 heteroatoms. The van der Waals surface area contributed by atoms with E-state index in [0.29, 0.717) is 18.8 Å². The van der Waals surface area contributed by atoms with E-state index in [1.165, 1.54) is 11.6 Å². The molecule has 0 aliphatic heterocycles. The van der Waals surface area contributed by atoms with Gasteiger partial charge in [-0.15, -0.1) is 11.3 Å². The number of halogens is 2. The number of nitrogens with zero attached hydrogens (tertiary/aromatic N) is 1. The third kappa shape index (κ3) is 3.43. The first-order valence-electron chi connectivity index (χ1n) is 6.17. The highest BCUT2D eigenvalue weighted by Gasteiger charge is 2.13. The van der Waals surface area contributed by atoms with E-state index in [9.17, 15) is 4.39 Å². The second-order valence-electron chi connectivity index (χ2n) is 4.39. The van der Waals surface area contributed by atoms with Gasteiger partial charge in [-0.2, -0.15) is 0 Å². The standard InChI is InChI=1S/C14H16BrFN2OS/c1-3-19-13-6-12(11(17)5-10(13)16)18(2)7-9-4-14(15)20-8-9/h4-6,8H,3,7,17H2,1-2H3. The van der Waals surface area contributed by atoms with Gasteiger partial charge in [0.05, 0.1) is 21.8 Å². The molecule has 0 atom stereocenters. The fourth-order valence-corrected chi connectivity index (χ4v) is 3.14. The molecule has 2 N–H and O–H groups in total. The van der Waals surface area contributed by atoms with Crippen molar-refractivity contribution in [2.24, 2.45) is 0 Å². The fraction of sp³-hybridized carbons (Fsp3) is 0.286. The average molecular weight is 359 g/mol. The van der Waals surface area contributed by atoms with E-state index in [-0.39, 0.29) is 5.75 Å². The maximum Gasteiger partial charge on any atom is 0.167 e. The number of thiophene rings is 1. The van der Waals surface area contributed by atoms with E-state index in [0.717, 1.165) is 9.47 Å². The van der Waals surface area contributed by atoms with Gasteiger partial charge in [0.25, 0.3) is 0 Å². The Morgan fingerprint density at radius 3 is 2.75 bits per heavy atom. The highest BCUT2D eigenvalue weighted by Crippen LogP contribution is 2.32. The molecule has 1 aromatic heterocycles. The van der Waals surface area contributed by atoms with Gasteiger partial charge in [0, 0.05) is 25.7 Å². The molecular formula is C14H16BrFN2OS. The van der Waals surface area contributed by atoms with Crippen LogP contribution >= 0.6 is 27.3 Å². The molecule has 0 radical (unpaired) electrons. The largest absolute Gasteiger partial charge is 0.491 e. The van der Waals surface area contributed by atoms with Crippen LogP contribution in [-0.2, 0) is 6.54 Å². The molecular weight excluding hydrogens is 343 g/mol. The van der Waals surface area contributed by atoms with Gasteiger partial charge >= 0.3 is 0 Å². The zero-order chi connectivity index (χ0) is 14.7. The zero-order valence-corrected chi connectivity index (χ0v) is 13.7. The van der Waals surface area contributed by atoms with Gasteiger partial charge in [0.1, 0.15) is 0 Å². The number of nitrogens with two attached hydrogens (primary N) is 1. The number of rotatable bonds is 5. The molecule has 0 saturated heterocycles. The van der Waals surface area contributed by atoms with Crippen LogP contribution < -0.4 is 15.4 Å². The number of benzene rings is 1. The summed E-state index contributed by atoms with van der Waals surface area (Å²) in [5.74, 6) is -0.199. The van der Waals surface area contributed by atoms with Gasteiger partial charge in [-0.25, -0.2) is 4.39 Å². The summed E-state index contributed by atoms with van der Waals surface area (Å²) in [6.45, 7) is 2.94. The van der Waals surface area contributed by atoms with Crippen LogP contribution in [-0.4, -0.2) is 13.7 Å². The van der Waals surface area contributed by atoms with Crippen LogP contribution in [0.1, 0.15) is 12.5 Å². The monoisotopic (exact) mass is 358 g/mol. The van der Waals surface area contributed by atoms with E-state index in [1.807, 2.05) is 18.9 Å². The topological polar surface area (TPSA) is 38.5 Å². The molecule has 0 saturated carbocycles. The van der Waals surface area contributed by atoms with Crippen LogP contribution in [0.3, 0.4) is 0 Å². The fourth-order valence-electron chi connectivity index (χ4n) is 1.94. The van der Waals surface area contributed by atoms with E-state index < -0.39 is 5.82 Å². The normalized spacial score (nSPS) is 10.6. The molecule has 2 rings (SSSR count). The molecule has 0 unspecified atom stereocenters. The molecule has 0 spiro atoms. The minimum Gasteiger partial charge on any atom is -0.491 e. The average Bonchev–Trinajstić information content (AvgIpc) is 2.78. The lowest BCUT2D eigenvalue weighted by atomic mass is 10.2. The van der Waals surface area contributed by atoms with Crippen LogP contribution in [0.4, 0.5) is 15.8 Å². The van der Waals surface area contributed by atoms with Crippen molar-refractivity contribution in [3.63, 3.8) is 0 Å². The van der Waals surface area contributed by atoms with Gasteiger partial charge < -0.3 is 15.4 Å². The van der Waals surface area contributed by atoms with Crippen LogP contribution in [0.5, 0.6) is 5.75 Å². The molecule has 20 heavy (non-hydrogen) atoms. The van der Waals surface area contributed by atoms with Crippen molar-refractivity contribution < 1.29 is 9.13 Å². The van der Waals surface area contributed by atoms with Crippen molar-refractivity contribution in [1.29, 1.82) is 0 Å². The van der Waals surface area contributed by atoms with E-state index in [2.05, 4.69) is 27.4 Å². The van der Waals surface area contributed by atoms with Gasteiger partial charge in [0.15, 0.2) is 11.6 Å². The van der Waals surface area contributed by atoms with E-state index in [4.69, 9.17) is 10.5 Å². The Morgan fingerprint density at radius 2 is 2.15 bits per heavy atom. The minimum absolute atomic E-state index is 0.232. The van der Waals surface area contributed by atoms with Gasteiger partial charge in [-0.3, -0.25) is 0 Å². The van der Waals surface area contributed by atoms with E-state index >= 15 is 0 Å². The molecule has 0 aliphatic rings. The number of hydrogen-bond donors (Lipinski definition) is 1. The van der Waals surface area contributed by atoms with Crippen LogP contribution in [0.2, 0.25) is 0 Å². The molecule has 0 bridgehead atoms. The van der Waals surface area contributed by atoms with E-state index in [1.54, 1.807) is 17.4 Å². The van der Waals surface area contributed by atoms with Crippen LogP contribution in [0.15, 0.2) is 27.4 Å². The minimum atomic E-state index is -0.431. The molecule has 0 amide bonds. The summed E-state index contributed by atoms with van der Waals surface area (Å²) in [5, 5.41) is 2.07. The second-order valence-corrected chi connectivity index (χ2v) is 6.68. The Balaban J connectivity index is 2.24. The lowest BCUT2D eigenvalue weighted by Crippen LogP contribution is -2.17. The first kappa shape index (κ1) is 15.1. The quantitative estimate of drug-likeness (QED) is 0.811. The Hall–Kier alpha value is -1.27. The Morgan fingerprint density at radius 1 is 1.40 bits per heavy atom. The van der Waals surface area contributed by atoms with Crippen molar-refractivity contribution in [3.8, 4) is 5.75 Å². The second kappa shape index (κ2) is 6.45. The molecule has 3 nitrogen and oxygen atoms in total. The SMILES string of the molecule is CCOc1cc(N(C)Cc2csc(Br)c2)c(N)cc1F. The predicted molar refractivity (Wildman–Crippen MR) is 86.1 cm³/mol. The third-order valence-electron chi connectivity index (χ3n) is 2.83. The maximum absolute atomic E-state index is 13.7.